The molecule has 0 radical (unpaired) electrons. The first-order chi connectivity index (χ1) is 17.0. The number of sulfonamides is 1. The van der Waals surface area contributed by atoms with Gasteiger partial charge in [-0.05, 0) is 55.3 Å². The predicted molar refractivity (Wildman–Crippen MR) is 140 cm³/mol. The number of benzene rings is 3. The molecule has 0 saturated heterocycles. The largest absolute Gasteiger partial charge is 0.508 e. The first kappa shape index (κ1) is 25.4. The van der Waals surface area contributed by atoms with Crippen LogP contribution in [0.4, 0.5) is 17.3 Å². The number of anilines is 3. The van der Waals surface area contributed by atoms with Crippen LogP contribution in [0.1, 0.15) is 18.1 Å². The van der Waals surface area contributed by atoms with E-state index in [0.717, 1.165) is 0 Å². The van der Waals surface area contributed by atoms with Crippen LogP contribution in [0.2, 0.25) is 5.02 Å². The molecular formula is C25H24ClN5O4S. The molecule has 0 bridgehead atoms. The minimum absolute atomic E-state index is 0.00577. The standard InChI is InChI=1S/C25H24ClN5O4S/c1-14-7-8-16(11-22(33)15(2)27)12-23(14)36(34,35)31-25-24(28-19-5-3-4-6-20(19)29-25)30-21-13-17(32)9-10-18(21)26/h3-10,12-13,15,32H,11,27H2,1-2H3,(H,28,30)(H,29,31)/t15-/m0/s1. The summed E-state index contributed by atoms with van der Waals surface area (Å²) in [5, 5.41) is 13.1. The number of carbonyl (C=O) groups is 1. The van der Waals surface area contributed by atoms with Gasteiger partial charge in [0.2, 0.25) is 0 Å². The highest BCUT2D eigenvalue weighted by Gasteiger charge is 2.22. The van der Waals surface area contributed by atoms with Crippen LogP contribution in [0.5, 0.6) is 5.75 Å². The summed E-state index contributed by atoms with van der Waals surface area (Å²) in [7, 11) is -4.14. The lowest BCUT2D eigenvalue weighted by molar-refractivity contribution is -0.119. The molecule has 0 aliphatic heterocycles. The van der Waals surface area contributed by atoms with Gasteiger partial charge in [-0.2, -0.15) is 0 Å². The molecule has 1 aromatic heterocycles. The minimum atomic E-state index is -4.14. The summed E-state index contributed by atoms with van der Waals surface area (Å²) in [5.74, 6) is -0.216. The zero-order valence-electron chi connectivity index (χ0n) is 19.5. The predicted octanol–water partition coefficient (Wildman–Crippen LogP) is 4.30. The van der Waals surface area contributed by atoms with Gasteiger partial charge in [-0.15, -0.1) is 0 Å². The molecule has 9 nitrogen and oxygen atoms in total. The topological polar surface area (TPSA) is 147 Å². The van der Waals surface area contributed by atoms with Crippen LogP contribution in [0.25, 0.3) is 11.0 Å². The minimum Gasteiger partial charge on any atom is -0.508 e. The molecular weight excluding hydrogens is 502 g/mol. The van der Waals surface area contributed by atoms with Gasteiger partial charge in [0.25, 0.3) is 10.0 Å². The summed E-state index contributed by atoms with van der Waals surface area (Å²) in [6.07, 6.45) is 0.0129. The lowest BCUT2D eigenvalue weighted by Gasteiger charge is -2.16. The second kappa shape index (κ2) is 10.1. The van der Waals surface area contributed by atoms with Crippen LogP contribution in [0.15, 0.2) is 65.6 Å². The number of nitrogens with two attached hydrogens (primary N) is 1. The second-order valence-corrected chi connectivity index (χ2v) is 10.4. The Balaban J connectivity index is 1.76. The first-order valence-electron chi connectivity index (χ1n) is 11.0. The number of carbonyl (C=O) groups excluding carboxylic acids is 1. The lowest BCUT2D eigenvalue weighted by atomic mass is 10.0. The van der Waals surface area contributed by atoms with Gasteiger partial charge < -0.3 is 16.2 Å². The maximum absolute atomic E-state index is 13.5. The van der Waals surface area contributed by atoms with Crippen LogP contribution < -0.4 is 15.8 Å². The molecule has 4 aromatic rings. The zero-order valence-corrected chi connectivity index (χ0v) is 21.1. The molecule has 0 amide bonds. The Hall–Kier alpha value is -3.73. The number of nitrogens with zero attached hydrogens (tertiary/aromatic N) is 2. The van der Waals surface area contributed by atoms with Crippen molar-refractivity contribution in [3.8, 4) is 5.75 Å². The van der Waals surface area contributed by atoms with Crippen molar-refractivity contribution >= 4 is 55.8 Å². The summed E-state index contributed by atoms with van der Waals surface area (Å²) < 4.78 is 29.5. The third-order valence-electron chi connectivity index (χ3n) is 5.43. The molecule has 0 unspecified atom stereocenters. The van der Waals surface area contributed by atoms with E-state index in [1.165, 1.54) is 24.3 Å². The smallest absolute Gasteiger partial charge is 0.263 e. The van der Waals surface area contributed by atoms with Gasteiger partial charge in [-0.3, -0.25) is 9.52 Å². The van der Waals surface area contributed by atoms with Crippen molar-refractivity contribution < 1.29 is 18.3 Å². The van der Waals surface area contributed by atoms with E-state index in [1.807, 2.05) is 0 Å². The molecule has 1 heterocycles. The summed E-state index contributed by atoms with van der Waals surface area (Å²) in [5.41, 5.74) is 7.97. The van der Waals surface area contributed by atoms with E-state index in [4.69, 9.17) is 17.3 Å². The highest BCUT2D eigenvalue weighted by molar-refractivity contribution is 7.92. The highest BCUT2D eigenvalue weighted by atomic mass is 35.5. The Bertz CT molecular complexity index is 1570. The highest BCUT2D eigenvalue weighted by Crippen LogP contribution is 2.32. The van der Waals surface area contributed by atoms with E-state index in [1.54, 1.807) is 50.2 Å². The number of rotatable bonds is 8. The van der Waals surface area contributed by atoms with Crippen molar-refractivity contribution in [2.75, 3.05) is 10.0 Å². The molecule has 0 fully saturated rings. The number of halogens is 1. The van der Waals surface area contributed by atoms with Gasteiger partial charge in [0.1, 0.15) is 5.75 Å². The number of aromatic hydroxyl groups is 1. The van der Waals surface area contributed by atoms with Crippen molar-refractivity contribution in [3.05, 3.63) is 76.8 Å². The fourth-order valence-electron chi connectivity index (χ4n) is 3.48. The molecule has 0 saturated carbocycles. The van der Waals surface area contributed by atoms with Crippen molar-refractivity contribution in [1.82, 2.24) is 9.97 Å². The molecule has 36 heavy (non-hydrogen) atoms. The maximum atomic E-state index is 13.5. The third-order valence-corrected chi connectivity index (χ3v) is 7.24. The van der Waals surface area contributed by atoms with Crippen LogP contribution in [-0.2, 0) is 21.2 Å². The lowest BCUT2D eigenvalue weighted by Crippen LogP contribution is -2.28. The molecule has 0 spiro atoms. The normalized spacial score (nSPS) is 12.3. The number of aryl methyl sites for hydroxylation is 1. The number of hydrogen-bond acceptors (Lipinski definition) is 8. The Morgan fingerprint density at radius 3 is 2.39 bits per heavy atom. The maximum Gasteiger partial charge on any atom is 0.263 e. The van der Waals surface area contributed by atoms with Crippen LogP contribution in [0.3, 0.4) is 0 Å². The van der Waals surface area contributed by atoms with Crippen molar-refractivity contribution in [1.29, 1.82) is 0 Å². The number of ketones is 1. The number of fused-ring (bicyclic) bond motifs is 1. The average molecular weight is 526 g/mol. The van der Waals surface area contributed by atoms with Crippen LogP contribution >= 0.6 is 11.6 Å². The van der Waals surface area contributed by atoms with Gasteiger partial charge >= 0.3 is 0 Å². The van der Waals surface area contributed by atoms with Crippen LogP contribution in [0, 0.1) is 6.92 Å². The number of phenols is 1. The number of hydrogen-bond donors (Lipinski definition) is 4. The van der Waals surface area contributed by atoms with E-state index in [2.05, 4.69) is 20.0 Å². The van der Waals surface area contributed by atoms with Gasteiger partial charge in [0, 0.05) is 12.5 Å². The number of para-hydroxylation sites is 2. The monoisotopic (exact) mass is 525 g/mol. The molecule has 3 aromatic carbocycles. The molecule has 0 aliphatic carbocycles. The van der Waals surface area contributed by atoms with E-state index in [0.29, 0.717) is 32.9 Å². The van der Waals surface area contributed by atoms with E-state index >= 15 is 0 Å². The second-order valence-electron chi connectivity index (χ2n) is 8.34. The van der Waals surface area contributed by atoms with E-state index in [-0.39, 0.29) is 34.5 Å². The van der Waals surface area contributed by atoms with E-state index in [9.17, 15) is 18.3 Å². The Morgan fingerprint density at radius 2 is 1.72 bits per heavy atom. The van der Waals surface area contributed by atoms with Crippen LogP contribution in [-0.4, -0.2) is 35.3 Å². The fraction of sp³-hybridized carbons (Fsp3) is 0.160. The Kier molecular flexibility index (Phi) is 7.11. The van der Waals surface area contributed by atoms with Gasteiger partial charge in [0.05, 0.1) is 32.7 Å². The Labute approximate surface area is 213 Å². The van der Waals surface area contributed by atoms with Crippen molar-refractivity contribution in [2.45, 2.75) is 31.2 Å². The number of nitrogens with one attached hydrogen (secondary N) is 2. The average Bonchev–Trinajstić information content (AvgIpc) is 2.82. The quantitative estimate of drug-likeness (QED) is 0.266. The molecule has 11 heteroatoms. The van der Waals surface area contributed by atoms with Crippen molar-refractivity contribution in [2.24, 2.45) is 5.73 Å². The van der Waals surface area contributed by atoms with Gasteiger partial charge in [-0.25, -0.2) is 18.4 Å². The summed E-state index contributed by atoms with van der Waals surface area (Å²) in [6.45, 7) is 3.24. The number of aromatic nitrogens is 2. The summed E-state index contributed by atoms with van der Waals surface area (Å²) in [4.78, 5) is 21.1. The summed E-state index contributed by atoms with van der Waals surface area (Å²) in [6, 6.07) is 15.4. The van der Waals surface area contributed by atoms with Crippen molar-refractivity contribution in [3.63, 3.8) is 0 Å². The molecule has 1 atom stereocenters. The van der Waals surface area contributed by atoms with Gasteiger partial charge in [0.15, 0.2) is 17.4 Å². The fourth-order valence-corrected chi connectivity index (χ4v) is 4.95. The van der Waals surface area contributed by atoms with E-state index < -0.39 is 16.1 Å². The Morgan fingerprint density at radius 1 is 1.06 bits per heavy atom. The molecule has 5 N–H and O–H groups in total. The first-order valence-corrected chi connectivity index (χ1v) is 12.8. The van der Waals surface area contributed by atoms with Gasteiger partial charge in [-0.1, -0.05) is 35.9 Å². The number of Topliss-reactive ketones (excluding diaryl/α,β-unsaturated/α-hetero) is 1. The summed E-state index contributed by atoms with van der Waals surface area (Å²) >= 11 is 6.25. The number of phenolic OH excluding ortho intramolecular Hbond substituents is 1. The zero-order chi connectivity index (χ0) is 26.0. The molecule has 0 aliphatic rings. The SMILES string of the molecule is Cc1ccc(CC(=O)[C@H](C)N)cc1S(=O)(=O)Nc1nc2ccccc2nc1Nc1cc(O)ccc1Cl. The molecule has 186 valence electrons. The molecule has 4 rings (SSSR count). The third kappa shape index (κ3) is 5.56.